The minimum Gasteiger partial charge on any atom is -0.355 e. The molecule has 1 aromatic rings. The lowest BCUT2D eigenvalue weighted by molar-refractivity contribution is 0.195. The van der Waals surface area contributed by atoms with Gasteiger partial charge in [0.05, 0.1) is 0 Å². The van der Waals surface area contributed by atoms with E-state index in [4.69, 9.17) is 11.6 Å². The molecule has 1 aliphatic heterocycles. The summed E-state index contributed by atoms with van der Waals surface area (Å²) in [6.07, 6.45) is 2.65. The lowest BCUT2D eigenvalue weighted by Crippen LogP contribution is -2.43. The van der Waals surface area contributed by atoms with Crippen molar-refractivity contribution in [2.75, 3.05) is 33.2 Å². The summed E-state index contributed by atoms with van der Waals surface area (Å²) in [7, 11) is 1.81. The Morgan fingerprint density at radius 2 is 1.87 bits per heavy atom. The van der Waals surface area contributed by atoms with Gasteiger partial charge in [-0.2, -0.15) is 0 Å². The highest BCUT2D eigenvalue weighted by atomic mass is 127. The standard InChI is InChI=1S/C17H27ClN4.HI/c1-14-7-10-22(11-8-14)12-9-20-17(19-2)21-13-15-3-5-16(18)6-4-15;/h3-6,14H,7-13H2,1-2H3,(H2,19,20,21);1H. The smallest absolute Gasteiger partial charge is 0.191 e. The Morgan fingerprint density at radius 1 is 1.22 bits per heavy atom. The number of piperidine rings is 1. The topological polar surface area (TPSA) is 39.7 Å². The summed E-state index contributed by atoms with van der Waals surface area (Å²) in [5.41, 5.74) is 1.19. The second kappa shape index (κ2) is 11.1. The van der Waals surface area contributed by atoms with Gasteiger partial charge in [0.25, 0.3) is 0 Å². The number of hydrogen-bond acceptors (Lipinski definition) is 2. The van der Waals surface area contributed by atoms with Gasteiger partial charge in [-0.3, -0.25) is 4.99 Å². The van der Waals surface area contributed by atoms with Gasteiger partial charge in [0.2, 0.25) is 0 Å². The van der Waals surface area contributed by atoms with Crippen LogP contribution >= 0.6 is 35.6 Å². The van der Waals surface area contributed by atoms with Gasteiger partial charge >= 0.3 is 0 Å². The molecule has 1 heterocycles. The first kappa shape index (κ1) is 20.5. The molecule has 1 aliphatic rings. The zero-order valence-electron chi connectivity index (χ0n) is 14.0. The van der Waals surface area contributed by atoms with Crippen LogP contribution in [0.15, 0.2) is 29.3 Å². The second-order valence-electron chi connectivity index (χ2n) is 6.00. The molecule has 0 bridgehead atoms. The summed E-state index contributed by atoms with van der Waals surface area (Å²) in [6.45, 7) is 7.54. The zero-order valence-corrected chi connectivity index (χ0v) is 17.1. The van der Waals surface area contributed by atoms with Gasteiger partial charge in [0.15, 0.2) is 5.96 Å². The summed E-state index contributed by atoms with van der Waals surface area (Å²) in [6, 6.07) is 7.87. The Balaban J connectivity index is 0.00000264. The van der Waals surface area contributed by atoms with E-state index in [-0.39, 0.29) is 24.0 Å². The molecule has 0 aliphatic carbocycles. The summed E-state index contributed by atoms with van der Waals surface area (Å²) in [5, 5.41) is 7.47. The number of likely N-dealkylation sites (tertiary alicyclic amines) is 1. The van der Waals surface area contributed by atoms with E-state index in [0.29, 0.717) is 0 Å². The molecule has 1 saturated heterocycles. The molecule has 0 radical (unpaired) electrons. The van der Waals surface area contributed by atoms with E-state index in [1.54, 1.807) is 7.05 Å². The van der Waals surface area contributed by atoms with Crippen LogP contribution in [0.25, 0.3) is 0 Å². The highest BCUT2D eigenvalue weighted by molar-refractivity contribution is 14.0. The molecule has 0 saturated carbocycles. The van der Waals surface area contributed by atoms with Crippen LogP contribution in [0.2, 0.25) is 5.02 Å². The Labute approximate surface area is 162 Å². The SMILES string of the molecule is CN=C(NCCN1CCC(C)CC1)NCc1ccc(Cl)cc1.I. The number of guanidine groups is 1. The van der Waals surface area contributed by atoms with Crippen LogP contribution in [0.3, 0.4) is 0 Å². The molecule has 0 unspecified atom stereocenters. The fourth-order valence-corrected chi connectivity index (χ4v) is 2.75. The highest BCUT2D eigenvalue weighted by Crippen LogP contribution is 2.15. The first-order valence-electron chi connectivity index (χ1n) is 8.08. The maximum absolute atomic E-state index is 5.89. The lowest BCUT2D eigenvalue weighted by Gasteiger charge is -2.30. The maximum Gasteiger partial charge on any atom is 0.191 e. The summed E-state index contributed by atoms with van der Waals surface area (Å²) in [5.74, 6) is 1.73. The number of nitrogens with zero attached hydrogens (tertiary/aromatic N) is 2. The average Bonchev–Trinajstić information content (AvgIpc) is 2.54. The third-order valence-electron chi connectivity index (χ3n) is 4.19. The molecule has 1 fully saturated rings. The van der Waals surface area contributed by atoms with Crippen LogP contribution in [0, 0.1) is 5.92 Å². The van der Waals surface area contributed by atoms with Crippen LogP contribution in [0.4, 0.5) is 0 Å². The maximum atomic E-state index is 5.89. The van der Waals surface area contributed by atoms with E-state index < -0.39 is 0 Å². The Bertz CT molecular complexity index is 470. The van der Waals surface area contributed by atoms with E-state index in [2.05, 4.69) is 27.4 Å². The van der Waals surface area contributed by atoms with Gasteiger partial charge in [0, 0.05) is 31.7 Å². The van der Waals surface area contributed by atoms with Crippen LogP contribution in [-0.4, -0.2) is 44.1 Å². The van der Waals surface area contributed by atoms with Gasteiger partial charge < -0.3 is 15.5 Å². The summed E-state index contributed by atoms with van der Waals surface area (Å²) in [4.78, 5) is 6.79. The minimum absolute atomic E-state index is 0. The third kappa shape index (κ3) is 7.72. The molecule has 4 nitrogen and oxygen atoms in total. The van der Waals surface area contributed by atoms with E-state index in [1.165, 1.54) is 31.5 Å². The van der Waals surface area contributed by atoms with Gasteiger partial charge in [-0.05, 0) is 49.5 Å². The minimum atomic E-state index is 0. The predicted molar refractivity (Wildman–Crippen MR) is 110 cm³/mol. The normalized spacial score (nSPS) is 16.7. The van der Waals surface area contributed by atoms with Crippen molar-refractivity contribution in [3.63, 3.8) is 0 Å². The van der Waals surface area contributed by atoms with Gasteiger partial charge in [-0.25, -0.2) is 0 Å². The number of rotatable bonds is 5. The fourth-order valence-electron chi connectivity index (χ4n) is 2.63. The molecule has 2 rings (SSSR count). The average molecular weight is 451 g/mol. The Hall–Kier alpha value is -0.530. The molecule has 0 amide bonds. The molecule has 23 heavy (non-hydrogen) atoms. The number of nitrogens with one attached hydrogen (secondary N) is 2. The van der Waals surface area contributed by atoms with Crippen molar-refractivity contribution in [1.29, 1.82) is 0 Å². The first-order chi connectivity index (χ1) is 10.7. The van der Waals surface area contributed by atoms with Crippen molar-refractivity contribution in [2.45, 2.75) is 26.3 Å². The van der Waals surface area contributed by atoms with Crippen molar-refractivity contribution in [3.8, 4) is 0 Å². The molecule has 6 heteroatoms. The Kier molecular flexibility index (Phi) is 9.90. The number of benzene rings is 1. The fraction of sp³-hybridized carbons (Fsp3) is 0.588. The van der Waals surface area contributed by atoms with E-state index in [9.17, 15) is 0 Å². The first-order valence-corrected chi connectivity index (χ1v) is 8.46. The highest BCUT2D eigenvalue weighted by Gasteiger charge is 2.14. The second-order valence-corrected chi connectivity index (χ2v) is 6.44. The molecule has 0 spiro atoms. The van der Waals surface area contributed by atoms with Crippen LogP contribution in [0.1, 0.15) is 25.3 Å². The molecular formula is C17H28ClIN4. The number of halogens is 2. The van der Waals surface area contributed by atoms with Crippen LogP contribution in [0.5, 0.6) is 0 Å². The number of hydrogen-bond donors (Lipinski definition) is 2. The molecule has 0 atom stereocenters. The van der Waals surface area contributed by atoms with Gasteiger partial charge in [-0.1, -0.05) is 30.7 Å². The number of aliphatic imine (C=N–C) groups is 1. The van der Waals surface area contributed by atoms with Crippen LogP contribution in [-0.2, 0) is 6.54 Å². The van der Waals surface area contributed by atoms with Gasteiger partial charge in [-0.15, -0.1) is 24.0 Å². The van der Waals surface area contributed by atoms with Crippen molar-refractivity contribution in [2.24, 2.45) is 10.9 Å². The molecule has 0 aromatic heterocycles. The van der Waals surface area contributed by atoms with Crippen molar-refractivity contribution in [3.05, 3.63) is 34.9 Å². The summed E-state index contributed by atoms with van der Waals surface area (Å²) >= 11 is 5.89. The van der Waals surface area contributed by atoms with Crippen molar-refractivity contribution >= 4 is 41.5 Å². The third-order valence-corrected chi connectivity index (χ3v) is 4.45. The van der Waals surface area contributed by atoms with Gasteiger partial charge in [0.1, 0.15) is 0 Å². The van der Waals surface area contributed by atoms with E-state index in [1.807, 2.05) is 24.3 Å². The zero-order chi connectivity index (χ0) is 15.8. The van der Waals surface area contributed by atoms with Crippen LogP contribution < -0.4 is 10.6 Å². The lowest BCUT2D eigenvalue weighted by atomic mass is 9.99. The molecule has 1 aromatic carbocycles. The quantitative estimate of drug-likeness (QED) is 0.410. The van der Waals surface area contributed by atoms with E-state index in [0.717, 1.165) is 36.5 Å². The van der Waals surface area contributed by atoms with E-state index >= 15 is 0 Å². The molecule has 130 valence electrons. The molecular weight excluding hydrogens is 423 g/mol. The monoisotopic (exact) mass is 450 g/mol. The Morgan fingerprint density at radius 3 is 2.48 bits per heavy atom. The molecule has 2 N–H and O–H groups in total. The van der Waals surface area contributed by atoms with Crippen molar-refractivity contribution < 1.29 is 0 Å². The summed E-state index contributed by atoms with van der Waals surface area (Å²) < 4.78 is 0. The van der Waals surface area contributed by atoms with Crippen molar-refractivity contribution in [1.82, 2.24) is 15.5 Å². The largest absolute Gasteiger partial charge is 0.355 e. The predicted octanol–water partition coefficient (Wildman–Crippen LogP) is 3.35.